The molecular weight excluding hydrogens is 164 g/mol. The van der Waals surface area contributed by atoms with Gasteiger partial charge in [-0.3, -0.25) is 9.78 Å². The SMILES string of the molecule is Cc1ncccc1N1CCC(=O)C1. The molecule has 68 valence electrons. The Balaban J connectivity index is 2.26. The summed E-state index contributed by atoms with van der Waals surface area (Å²) in [4.78, 5) is 17.4. The lowest BCUT2D eigenvalue weighted by Gasteiger charge is -2.17. The van der Waals surface area contributed by atoms with Gasteiger partial charge >= 0.3 is 0 Å². The van der Waals surface area contributed by atoms with Gasteiger partial charge in [-0.25, -0.2) is 0 Å². The molecule has 2 heterocycles. The predicted octanol–water partition coefficient (Wildman–Crippen LogP) is 1.17. The second kappa shape index (κ2) is 3.17. The third-order valence-corrected chi connectivity index (χ3v) is 2.35. The summed E-state index contributed by atoms with van der Waals surface area (Å²) >= 11 is 0. The van der Waals surface area contributed by atoms with Gasteiger partial charge in [0.1, 0.15) is 0 Å². The van der Waals surface area contributed by atoms with E-state index in [2.05, 4.69) is 9.88 Å². The Bertz CT molecular complexity index is 335. The van der Waals surface area contributed by atoms with Crippen LogP contribution in [0.3, 0.4) is 0 Å². The van der Waals surface area contributed by atoms with Crippen molar-refractivity contribution in [3.05, 3.63) is 24.0 Å². The number of rotatable bonds is 1. The smallest absolute Gasteiger partial charge is 0.153 e. The molecule has 0 spiro atoms. The summed E-state index contributed by atoms with van der Waals surface area (Å²) in [6.07, 6.45) is 2.45. The van der Waals surface area contributed by atoms with Crippen LogP contribution in [-0.2, 0) is 4.79 Å². The van der Waals surface area contributed by atoms with Crippen molar-refractivity contribution in [3.8, 4) is 0 Å². The molecule has 0 saturated carbocycles. The van der Waals surface area contributed by atoms with Gasteiger partial charge in [-0.05, 0) is 19.1 Å². The van der Waals surface area contributed by atoms with E-state index >= 15 is 0 Å². The molecular formula is C10H12N2O. The van der Waals surface area contributed by atoms with Crippen LogP contribution in [0.1, 0.15) is 12.1 Å². The highest BCUT2D eigenvalue weighted by Gasteiger charge is 2.20. The Hall–Kier alpha value is -1.38. The van der Waals surface area contributed by atoms with Crippen LogP contribution in [0.5, 0.6) is 0 Å². The molecule has 0 amide bonds. The maximum atomic E-state index is 11.1. The van der Waals surface area contributed by atoms with E-state index in [1.54, 1.807) is 6.20 Å². The summed E-state index contributed by atoms with van der Waals surface area (Å²) in [6, 6.07) is 3.92. The second-order valence-corrected chi connectivity index (χ2v) is 3.32. The van der Waals surface area contributed by atoms with E-state index < -0.39 is 0 Å². The van der Waals surface area contributed by atoms with E-state index in [-0.39, 0.29) is 0 Å². The lowest BCUT2D eigenvalue weighted by atomic mass is 10.3. The zero-order valence-electron chi connectivity index (χ0n) is 7.66. The van der Waals surface area contributed by atoms with Crippen molar-refractivity contribution < 1.29 is 4.79 Å². The molecule has 0 N–H and O–H groups in total. The highest BCUT2D eigenvalue weighted by molar-refractivity contribution is 5.87. The first kappa shape index (κ1) is 8.23. The standard InChI is InChI=1S/C10H12N2O/c1-8-10(3-2-5-11-8)12-6-4-9(13)7-12/h2-3,5H,4,6-7H2,1H3. The van der Waals surface area contributed by atoms with E-state index in [1.165, 1.54) is 0 Å². The molecule has 0 atom stereocenters. The Labute approximate surface area is 77.4 Å². The van der Waals surface area contributed by atoms with Gasteiger partial charge in [-0.2, -0.15) is 0 Å². The van der Waals surface area contributed by atoms with Gasteiger partial charge in [0.2, 0.25) is 0 Å². The molecule has 1 saturated heterocycles. The minimum absolute atomic E-state index is 0.322. The third-order valence-electron chi connectivity index (χ3n) is 2.35. The number of aromatic nitrogens is 1. The number of ketones is 1. The number of pyridine rings is 1. The molecule has 0 bridgehead atoms. The highest BCUT2D eigenvalue weighted by atomic mass is 16.1. The van der Waals surface area contributed by atoms with Crippen LogP contribution >= 0.6 is 0 Å². The minimum Gasteiger partial charge on any atom is -0.362 e. The summed E-state index contributed by atoms with van der Waals surface area (Å²) in [5.41, 5.74) is 2.09. The van der Waals surface area contributed by atoms with E-state index in [9.17, 15) is 4.79 Å². The van der Waals surface area contributed by atoms with Crippen molar-refractivity contribution >= 4 is 11.5 Å². The maximum absolute atomic E-state index is 11.1. The number of nitrogens with zero attached hydrogens (tertiary/aromatic N) is 2. The average Bonchev–Trinajstić information content (AvgIpc) is 2.53. The molecule has 0 radical (unpaired) electrons. The van der Waals surface area contributed by atoms with Crippen LogP contribution < -0.4 is 4.90 Å². The molecule has 1 aliphatic heterocycles. The van der Waals surface area contributed by atoms with Gasteiger partial charge in [-0.15, -0.1) is 0 Å². The number of anilines is 1. The lowest BCUT2D eigenvalue weighted by Crippen LogP contribution is -2.20. The van der Waals surface area contributed by atoms with Crippen molar-refractivity contribution in [1.29, 1.82) is 0 Å². The lowest BCUT2D eigenvalue weighted by molar-refractivity contribution is -0.116. The maximum Gasteiger partial charge on any atom is 0.153 e. The molecule has 1 aromatic heterocycles. The average molecular weight is 176 g/mol. The third kappa shape index (κ3) is 1.54. The van der Waals surface area contributed by atoms with Gasteiger partial charge in [-0.1, -0.05) is 0 Å². The quantitative estimate of drug-likeness (QED) is 0.644. The van der Waals surface area contributed by atoms with E-state index in [0.29, 0.717) is 18.7 Å². The molecule has 1 aliphatic rings. The Morgan fingerprint density at radius 1 is 1.54 bits per heavy atom. The number of carbonyl (C=O) groups is 1. The van der Waals surface area contributed by atoms with Crippen LogP contribution in [0.4, 0.5) is 5.69 Å². The molecule has 0 unspecified atom stereocenters. The number of carbonyl (C=O) groups excluding carboxylic acids is 1. The summed E-state index contributed by atoms with van der Waals surface area (Å²) in [5, 5.41) is 0. The topological polar surface area (TPSA) is 33.2 Å². The molecule has 3 heteroatoms. The number of hydrogen-bond acceptors (Lipinski definition) is 3. The second-order valence-electron chi connectivity index (χ2n) is 3.32. The van der Waals surface area contributed by atoms with Crippen LogP contribution in [0.25, 0.3) is 0 Å². The first-order chi connectivity index (χ1) is 6.27. The summed E-state index contributed by atoms with van der Waals surface area (Å²) in [5.74, 6) is 0.322. The monoisotopic (exact) mass is 176 g/mol. The first-order valence-corrected chi connectivity index (χ1v) is 4.45. The summed E-state index contributed by atoms with van der Waals surface area (Å²) in [6.45, 7) is 3.36. The molecule has 0 aromatic carbocycles. The van der Waals surface area contributed by atoms with E-state index in [4.69, 9.17) is 0 Å². The number of aryl methyl sites for hydroxylation is 1. The first-order valence-electron chi connectivity index (χ1n) is 4.45. The van der Waals surface area contributed by atoms with Crippen LogP contribution in [0, 0.1) is 6.92 Å². The number of Topliss-reactive ketones (excluding diaryl/α,β-unsaturated/α-hetero) is 1. The fourth-order valence-corrected chi connectivity index (χ4v) is 1.65. The Kier molecular flexibility index (Phi) is 2.00. The highest BCUT2D eigenvalue weighted by Crippen LogP contribution is 2.20. The van der Waals surface area contributed by atoms with E-state index in [1.807, 2.05) is 19.1 Å². The van der Waals surface area contributed by atoms with E-state index in [0.717, 1.165) is 17.9 Å². The summed E-state index contributed by atoms with van der Waals surface area (Å²) in [7, 11) is 0. The number of hydrogen-bond donors (Lipinski definition) is 0. The van der Waals surface area contributed by atoms with Crippen molar-refractivity contribution in [2.75, 3.05) is 18.0 Å². The fourth-order valence-electron chi connectivity index (χ4n) is 1.65. The molecule has 3 nitrogen and oxygen atoms in total. The molecule has 1 aromatic rings. The predicted molar refractivity (Wildman–Crippen MR) is 50.8 cm³/mol. The van der Waals surface area contributed by atoms with Crippen molar-refractivity contribution in [2.24, 2.45) is 0 Å². The van der Waals surface area contributed by atoms with Gasteiger partial charge in [0.05, 0.1) is 17.9 Å². The minimum atomic E-state index is 0.322. The van der Waals surface area contributed by atoms with Crippen LogP contribution in [0.15, 0.2) is 18.3 Å². The molecule has 13 heavy (non-hydrogen) atoms. The van der Waals surface area contributed by atoms with Gasteiger partial charge in [0.15, 0.2) is 5.78 Å². The van der Waals surface area contributed by atoms with Crippen molar-refractivity contribution in [2.45, 2.75) is 13.3 Å². The Morgan fingerprint density at radius 2 is 2.38 bits per heavy atom. The van der Waals surface area contributed by atoms with Crippen LogP contribution in [-0.4, -0.2) is 23.9 Å². The van der Waals surface area contributed by atoms with Gasteiger partial charge < -0.3 is 4.90 Å². The largest absolute Gasteiger partial charge is 0.362 e. The fraction of sp³-hybridized carbons (Fsp3) is 0.400. The van der Waals surface area contributed by atoms with Crippen molar-refractivity contribution in [3.63, 3.8) is 0 Å². The van der Waals surface area contributed by atoms with Gasteiger partial charge in [0.25, 0.3) is 0 Å². The van der Waals surface area contributed by atoms with Crippen molar-refractivity contribution in [1.82, 2.24) is 4.98 Å². The zero-order chi connectivity index (χ0) is 9.26. The van der Waals surface area contributed by atoms with Gasteiger partial charge in [0, 0.05) is 19.2 Å². The molecule has 0 aliphatic carbocycles. The normalized spacial score (nSPS) is 16.7. The Morgan fingerprint density at radius 3 is 3.00 bits per heavy atom. The molecule has 2 rings (SSSR count). The zero-order valence-corrected chi connectivity index (χ0v) is 7.66. The van der Waals surface area contributed by atoms with Crippen LogP contribution in [0.2, 0.25) is 0 Å². The summed E-state index contributed by atoms with van der Waals surface area (Å²) < 4.78 is 0. The molecule has 1 fully saturated rings.